The predicted octanol–water partition coefficient (Wildman–Crippen LogP) is 1.33. The van der Waals surface area contributed by atoms with Crippen LogP contribution in [0.15, 0.2) is 12.1 Å². The molecule has 6 heteroatoms. The van der Waals surface area contributed by atoms with Crippen LogP contribution in [0.25, 0.3) is 0 Å². The van der Waals surface area contributed by atoms with E-state index in [-0.39, 0.29) is 22.8 Å². The van der Waals surface area contributed by atoms with Gasteiger partial charge in [0, 0.05) is 6.92 Å². The molecule has 0 spiro atoms. The Bertz CT molecular complexity index is 452. The van der Waals surface area contributed by atoms with Crippen LogP contribution < -0.4 is 14.2 Å². The lowest BCUT2D eigenvalue weighted by Gasteiger charge is -2.12. The standard InChI is InChI=1S/C11H12O6/c1-6(12)17-9-5-7(11(13)14)4-8(15-2)10(9)16-3/h4-5H,1-3H3,(H,13,14). The summed E-state index contributed by atoms with van der Waals surface area (Å²) in [7, 11) is 2.73. The highest BCUT2D eigenvalue weighted by atomic mass is 16.6. The lowest BCUT2D eigenvalue weighted by molar-refractivity contribution is -0.132. The van der Waals surface area contributed by atoms with E-state index < -0.39 is 11.9 Å². The van der Waals surface area contributed by atoms with Crippen molar-refractivity contribution in [2.24, 2.45) is 0 Å². The second kappa shape index (κ2) is 5.20. The minimum Gasteiger partial charge on any atom is -0.493 e. The van der Waals surface area contributed by atoms with Gasteiger partial charge in [-0.1, -0.05) is 0 Å². The van der Waals surface area contributed by atoms with Crippen molar-refractivity contribution in [1.82, 2.24) is 0 Å². The van der Waals surface area contributed by atoms with Gasteiger partial charge in [-0.25, -0.2) is 4.79 Å². The number of carboxylic acid groups (broad SMARTS) is 1. The quantitative estimate of drug-likeness (QED) is 0.631. The molecule has 0 saturated carbocycles. The highest BCUT2D eigenvalue weighted by Gasteiger charge is 2.18. The minimum absolute atomic E-state index is 0.0109. The Balaban J connectivity index is 3.36. The number of ether oxygens (including phenoxy) is 3. The number of benzene rings is 1. The van der Waals surface area contributed by atoms with Crippen molar-refractivity contribution in [3.63, 3.8) is 0 Å². The molecule has 0 saturated heterocycles. The van der Waals surface area contributed by atoms with Crippen molar-refractivity contribution in [1.29, 1.82) is 0 Å². The van der Waals surface area contributed by atoms with Gasteiger partial charge in [0.05, 0.1) is 19.8 Å². The van der Waals surface area contributed by atoms with E-state index in [2.05, 4.69) is 0 Å². The van der Waals surface area contributed by atoms with Crippen LogP contribution in [0.3, 0.4) is 0 Å². The van der Waals surface area contributed by atoms with E-state index in [1.54, 1.807) is 0 Å². The average Bonchev–Trinajstić information content (AvgIpc) is 2.26. The highest BCUT2D eigenvalue weighted by molar-refractivity contribution is 5.90. The Kier molecular flexibility index (Phi) is 3.92. The second-order valence-corrected chi connectivity index (χ2v) is 3.11. The van der Waals surface area contributed by atoms with Crippen molar-refractivity contribution in [3.8, 4) is 17.2 Å². The highest BCUT2D eigenvalue weighted by Crippen LogP contribution is 2.38. The number of rotatable bonds is 4. The summed E-state index contributed by atoms with van der Waals surface area (Å²) in [6, 6.07) is 2.49. The largest absolute Gasteiger partial charge is 0.493 e. The van der Waals surface area contributed by atoms with E-state index in [1.165, 1.54) is 33.3 Å². The van der Waals surface area contributed by atoms with Gasteiger partial charge in [0.15, 0.2) is 11.5 Å². The first-order valence-electron chi connectivity index (χ1n) is 4.67. The molecule has 1 aromatic carbocycles. The van der Waals surface area contributed by atoms with Crippen molar-refractivity contribution in [2.45, 2.75) is 6.92 Å². The predicted molar refractivity (Wildman–Crippen MR) is 57.8 cm³/mol. The van der Waals surface area contributed by atoms with Gasteiger partial charge < -0.3 is 19.3 Å². The summed E-state index contributed by atoms with van der Waals surface area (Å²) in [6.45, 7) is 1.21. The fraction of sp³-hybridized carbons (Fsp3) is 0.273. The van der Waals surface area contributed by atoms with Crippen LogP contribution in [0.4, 0.5) is 0 Å². The smallest absolute Gasteiger partial charge is 0.335 e. The second-order valence-electron chi connectivity index (χ2n) is 3.11. The summed E-state index contributed by atoms with van der Waals surface area (Å²) < 4.78 is 14.8. The number of hydrogen-bond acceptors (Lipinski definition) is 5. The molecule has 0 radical (unpaired) electrons. The Morgan fingerprint density at radius 3 is 2.12 bits per heavy atom. The van der Waals surface area contributed by atoms with Crippen LogP contribution in [-0.4, -0.2) is 31.3 Å². The molecule has 17 heavy (non-hydrogen) atoms. The third-order valence-electron chi connectivity index (χ3n) is 1.95. The first-order valence-corrected chi connectivity index (χ1v) is 4.67. The molecule has 0 amide bonds. The van der Waals surface area contributed by atoms with Gasteiger partial charge in [-0.15, -0.1) is 0 Å². The summed E-state index contributed by atoms with van der Waals surface area (Å²) in [6.07, 6.45) is 0. The van der Waals surface area contributed by atoms with Crippen molar-refractivity contribution < 1.29 is 28.9 Å². The van der Waals surface area contributed by atoms with E-state index >= 15 is 0 Å². The number of hydrogen-bond donors (Lipinski definition) is 1. The Labute approximate surface area is 97.7 Å². The molecule has 0 aliphatic carbocycles. The van der Waals surface area contributed by atoms with Crippen molar-refractivity contribution >= 4 is 11.9 Å². The molecular formula is C11H12O6. The fourth-order valence-electron chi connectivity index (χ4n) is 1.28. The molecule has 0 bridgehead atoms. The monoisotopic (exact) mass is 240 g/mol. The number of aromatic carboxylic acids is 1. The van der Waals surface area contributed by atoms with E-state index in [4.69, 9.17) is 19.3 Å². The van der Waals surface area contributed by atoms with Gasteiger partial charge in [0.2, 0.25) is 5.75 Å². The van der Waals surface area contributed by atoms with E-state index in [0.29, 0.717) is 0 Å². The summed E-state index contributed by atoms with van der Waals surface area (Å²) in [4.78, 5) is 21.8. The number of carbonyl (C=O) groups is 2. The van der Waals surface area contributed by atoms with Gasteiger partial charge in [0.1, 0.15) is 0 Å². The van der Waals surface area contributed by atoms with Gasteiger partial charge in [-0.3, -0.25) is 4.79 Å². The van der Waals surface area contributed by atoms with Crippen LogP contribution in [0.2, 0.25) is 0 Å². The number of esters is 1. The topological polar surface area (TPSA) is 82.1 Å². The number of methoxy groups -OCH3 is 2. The van der Waals surface area contributed by atoms with Crippen molar-refractivity contribution in [3.05, 3.63) is 17.7 Å². The van der Waals surface area contributed by atoms with Crippen LogP contribution in [0, 0.1) is 0 Å². The molecule has 0 atom stereocenters. The van der Waals surface area contributed by atoms with Gasteiger partial charge in [0.25, 0.3) is 0 Å². The van der Waals surface area contributed by atoms with Gasteiger partial charge >= 0.3 is 11.9 Å². The van der Waals surface area contributed by atoms with Crippen LogP contribution in [0.5, 0.6) is 17.2 Å². The first-order chi connectivity index (χ1) is 7.99. The summed E-state index contributed by atoms with van der Waals surface area (Å²) in [5, 5.41) is 8.89. The SMILES string of the molecule is COc1cc(C(=O)O)cc(OC(C)=O)c1OC. The molecular weight excluding hydrogens is 228 g/mol. The minimum atomic E-state index is -1.15. The molecule has 92 valence electrons. The first kappa shape index (κ1) is 12.8. The van der Waals surface area contributed by atoms with E-state index in [0.717, 1.165) is 0 Å². The fourth-order valence-corrected chi connectivity index (χ4v) is 1.28. The molecule has 1 N–H and O–H groups in total. The maximum absolute atomic E-state index is 10.9. The molecule has 0 heterocycles. The molecule has 1 rings (SSSR count). The third kappa shape index (κ3) is 2.87. The Morgan fingerprint density at radius 2 is 1.71 bits per heavy atom. The Morgan fingerprint density at radius 1 is 1.12 bits per heavy atom. The number of carboxylic acids is 1. The van der Waals surface area contributed by atoms with E-state index in [1.807, 2.05) is 0 Å². The van der Waals surface area contributed by atoms with Crippen LogP contribution >= 0.6 is 0 Å². The summed E-state index contributed by atoms with van der Waals surface area (Å²) in [5.41, 5.74) is -0.0566. The zero-order chi connectivity index (χ0) is 13.0. The Hall–Kier alpha value is -2.24. The van der Waals surface area contributed by atoms with E-state index in [9.17, 15) is 9.59 Å². The third-order valence-corrected chi connectivity index (χ3v) is 1.95. The maximum atomic E-state index is 10.9. The molecule has 1 aromatic rings. The zero-order valence-corrected chi connectivity index (χ0v) is 9.64. The van der Waals surface area contributed by atoms with Crippen molar-refractivity contribution in [2.75, 3.05) is 14.2 Å². The normalized spacial score (nSPS) is 9.59. The average molecular weight is 240 g/mol. The lowest BCUT2D eigenvalue weighted by atomic mass is 10.2. The van der Waals surface area contributed by atoms with Crippen LogP contribution in [0.1, 0.15) is 17.3 Å². The maximum Gasteiger partial charge on any atom is 0.335 e. The molecule has 0 aromatic heterocycles. The summed E-state index contributed by atoms with van der Waals surface area (Å²) >= 11 is 0. The van der Waals surface area contributed by atoms with Gasteiger partial charge in [-0.2, -0.15) is 0 Å². The zero-order valence-electron chi connectivity index (χ0n) is 9.64. The van der Waals surface area contributed by atoms with Gasteiger partial charge in [-0.05, 0) is 12.1 Å². The molecule has 0 unspecified atom stereocenters. The molecule has 0 aliphatic heterocycles. The molecule has 0 aliphatic rings. The molecule has 6 nitrogen and oxygen atoms in total. The van der Waals surface area contributed by atoms with Crippen LogP contribution in [-0.2, 0) is 4.79 Å². The number of carbonyl (C=O) groups excluding carboxylic acids is 1. The lowest BCUT2D eigenvalue weighted by Crippen LogP contribution is -2.06. The molecule has 0 fully saturated rings. The summed E-state index contributed by atoms with van der Waals surface area (Å²) in [5.74, 6) is -1.36.